The van der Waals surface area contributed by atoms with Crippen molar-refractivity contribution in [3.05, 3.63) is 29.0 Å². The van der Waals surface area contributed by atoms with E-state index in [-0.39, 0.29) is 12.0 Å². The molecule has 1 amide bonds. The van der Waals surface area contributed by atoms with Crippen LogP contribution < -0.4 is 4.90 Å². The van der Waals surface area contributed by atoms with Crippen molar-refractivity contribution in [2.45, 2.75) is 45.6 Å². The van der Waals surface area contributed by atoms with E-state index in [1.807, 2.05) is 29.5 Å². The quantitative estimate of drug-likeness (QED) is 0.644. The van der Waals surface area contributed by atoms with Crippen LogP contribution in [0.25, 0.3) is 16.6 Å². The monoisotopic (exact) mass is 412 g/mol. The fourth-order valence-electron chi connectivity index (χ4n) is 4.81. The standard InChI is InChI=1S/C21H25ClN6O/c1-13-12-26(9-10-27(13)20(29)15-5-3-4-6-15)21-23-18-11-16(22)7-8-17(18)19-25-24-14(2)28(19)21/h7-8,11,13,15H,3-6,9-10,12H2,1-2H3/t13-/m0/s1. The molecule has 0 N–H and O–H groups in total. The first-order chi connectivity index (χ1) is 14.0. The summed E-state index contributed by atoms with van der Waals surface area (Å²) in [5, 5.41) is 10.3. The summed E-state index contributed by atoms with van der Waals surface area (Å²) >= 11 is 6.21. The minimum absolute atomic E-state index is 0.139. The fourth-order valence-corrected chi connectivity index (χ4v) is 4.97. The van der Waals surface area contributed by atoms with Gasteiger partial charge in [-0.3, -0.25) is 4.79 Å². The second-order valence-corrected chi connectivity index (χ2v) is 8.72. The summed E-state index contributed by atoms with van der Waals surface area (Å²) in [5.74, 6) is 2.17. The second kappa shape index (κ2) is 7.13. The third kappa shape index (κ3) is 3.12. The average molecular weight is 413 g/mol. The molecule has 3 aromatic rings. The van der Waals surface area contributed by atoms with Crippen molar-refractivity contribution in [3.63, 3.8) is 0 Å². The normalized spacial score (nSPS) is 20.9. The topological polar surface area (TPSA) is 66.6 Å². The molecule has 0 spiro atoms. The summed E-state index contributed by atoms with van der Waals surface area (Å²) in [6.07, 6.45) is 4.44. The van der Waals surface area contributed by atoms with Gasteiger partial charge in [0.25, 0.3) is 0 Å². The van der Waals surface area contributed by atoms with Gasteiger partial charge in [-0.05, 0) is 44.9 Å². The maximum absolute atomic E-state index is 12.9. The van der Waals surface area contributed by atoms with E-state index in [1.165, 1.54) is 12.8 Å². The highest BCUT2D eigenvalue weighted by atomic mass is 35.5. The van der Waals surface area contributed by atoms with Crippen molar-refractivity contribution in [2.24, 2.45) is 5.92 Å². The Kier molecular flexibility index (Phi) is 4.57. The number of hydrogen-bond donors (Lipinski definition) is 0. The van der Waals surface area contributed by atoms with E-state index in [9.17, 15) is 4.79 Å². The van der Waals surface area contributed by atoms with Crippen LogP contribution >= 0.6 is 11.6 Å². The molecule has 5 rings (SSSR count). The molecule has 2 fully saturated rings. The average Bonchev–Trinajstić information content (AvgIpc) is 3.37. The molecule has 1 saturated carbocycles. The predicted molar refractivity (Wildman–Crippen MR) is 113 cm³/mol. The molecular weight excluding hydrogens is 388 g/mol. The van der Waals surface area contributed by atoms with Crippen LogP contribution in [-0.2, 0) is 4.79 Å². The van der Waals surface area contributed by atoms with Crippen LogP contribution in [0.15, 0.2) is 18.2 Å². The van der Waals surface area contributed by atoms with Crippen LogP contribution in [-0.4, -0.2) is 56.1 Å². The van der Waals surface area contributed by atoms with E-state index in [2.05, 4.69) is 26.9 Å². The van der Waals surface area contributed by atoms with Gasteiger partial charge in [0.15, 0.2) is 5.65 Å². The van der Waals surface area contributed by atoms with Gasteiger partial charge in [0.1, 0.15) is 5.82 Å². The number of carbonyl (C=O) groups excluding carboxylic acids is 1. The lowest BCUT2D eigenvalue weighted by molar-refractivity contribution is -0.137. The third-order valence-electron chi connectivity index (χ3n) is 6.34. The van der Waals surface area contributed by atoms with E-state index in [0.29, 0.717) is 17.5 Å². The van der Waals surface area contributed by atoms with E-state index < -0.39 is 0 Å². The molecule has 152 valence electrons. The van der Waals surface area contributed by atoms with Crippen LogP contribution in [0.2, 0.25) is 5.02 Å². The van der Waals surface area contributed by atoms with Crippen molar-refractivity contribution in [3.8, 4) is 0 Å². The molecule has 8 heteroatoms. The highest BCUT2D eigenvalue weighted by molar-refractivity contribution is 6.31. The van der Waals surface area contributed by atoms with Crippen LogP contribution in [0, 0.1) is 12.8 Å². The van der Waals surface area contributed by atoms with E-state index in [0.717, 1.165) is 54.3 Å². The van der Waals surface area contributed by atoms with Crippen molar-refractivity contribution in [2.75, 3.05) is 24.5 Å². The Bertz CT molecular complexity index is 1090. The number of hydrogen-bond acceptors (Lipinski definition) is 5. The number of carbonyl (C=O) groups is 1. The fraction of sp³-hybridized carbons (Fsp3) is 0.524. The molecule has 0 radical (unpaired) electrons. The zero-order chi connectivity index (χ0) is 20.1. The number of fused-ring (bicyclic) bond motifs is 3. The van der Waals surface area contributed by atoms with Crippen LogP contribution in [0.1, 0.15) is 38.4 Å². The van der Waals surface area contributed by atoms with E-state index in [1.54, 1.807) is 0 Å². The Balaban J connectivity index is 1.49. The highest BCUT2D eigenvalue weighted by Gasteiger charge is 2.34. The van der Waals surface area contributed by atoms with Crippen molar-refractivity contribution >= 4 is 40.0 Å². The number of anilines is 1. The Morgan fingerprint density at radius 1 is 1.17 bits per heavy atom. The van der Waals surface area contributed by atoms with Gasteiger partial charge in [-0.25, -0.2) is 9.38 Å². The number of nitrogens with zero attached hydrogens (tertiary/aromatic N) is 6. The number of benzene rings is 1. The van der Waals surface area contributed by atoms with Crippen molar-refractivity contribution < 1.29 is 4.79 Å². The minimum atomic E-state index is 0.139. The molecule has 1 aliphatic heterocycles. The number of aryl methyl sites for hydroxylation is 1. The van der Waals surface area contributed by atoms with Gasteiger partial charge < -0.3 is 9.80 Å². The van der Waals surface area contributed by atoms with Gasteiger partial charge in [0.05, 0.1) is 5.52 Å². The number of rotatable bonds is 2. The highest BCUT2D eigenvalue weighted by Crippen LogP contribution is 2.30. The zero-order valence-corrected chi connectivity index (χ0v) is 17.6. The second-order valence-electron chi connectivity index (χ2n) is 8.29. The van der Waals surface area contributed by atoms with Crippen LogP contribution in [0.5, 0.6) is 0 Å². The van der Waals surface area contributed by atoms with Crippen LogP contribution in [0.3, 0.4) is 0 Å². The third-order valence-corrected chi connectivity index (χ3v) is 6.58. The lowest BCUT2D eigenvalue weighted by atomic mass is 10.0. The van der Waals surface area contributed by atoms with Gasteiger partial charge in [-0.2, -0.15) is 0 Å². The molecule has 0 unspecified atom stereocenters. The molecular formula is C21H25ClN6O. The first kappa shape index (κ1) is 18.6. The lowest BCUT2D eigenvalue weighted by Crippen LogP contribution is -2.55. The molecule has 2 aromatic heterocycles. The summed E-state index contributed by atoms with van der Waals surface area (Å²) < 4.78 is 2.01. The molecule has 3 heterocycles. The minimum Gasteiger partial charge on any atom is -0.338 e. The predicted octanol–water partition coefficient (Wildman–Crippen LogP) is 3.47. The zero-order valence-electron chi connectivity index (χ0n) is 16.8. The first-order valence-corrected chi connectivity index (χ1v) is 10.8. The number of amides is 1. The van der Waals surface area contributed by atoms with Gasteiger partial charge >= 0.3 is 0 Å². The molecule has 1 aromatic carbocycles. The number of halogens is 1. The summed E-state index contributed by atoms with van der Waals surface area (Å²) in [6.45, 7) is 6.27. The molecule has 7 nitrogen and oxygen atoms in total. The molecule has 29 heavy (non-hydrogen) atoms. The largest absolute Gasteiger partial charge is 0.338 e. The Morgan fingerprint density at radius 3 is 2.72 bits per heavy atom. The van der Waals surface area contributed by atoms with Gasteiger partial charge in [0.2, 0.25) is 11.9 Å². The maximum atomic E-state index is 12.9. The Hall–Kier alpha value is -2.41. The van der Waals surface area contributed by atoms with Crippen LogP contribution in [0.4, 0.5) is 5.95 Å². The summed E-state index contributed by atoms with van der Waals surface area (Å²) in [7, 11) is 0. The maximum Gasteiger partial charge on any atom is 0.226 e. The molecule has 2 aliphatic rings. The number of aromatic nitrogens is 4. The SMILES string of the molecule is Cc1nnc2c3ccc(Cl)cc3nc(N3CCN(C(=O)C4CCCC4)[C@@H](C)C3)n12. The Morgan fingerprint density at radius 2 is 1.97 bits per heavy atom. The van der Waals surface area contributed by atoms with Crippen molar-refractivity contribution in [1.82, 2.24) is 24.5 Å². The smallest absolute Gasteiger partial charge is 0.226 e. The van der Waals surface area contributed by atoms with E-state index >= 15 is 0 Å². The summed E-state index contributed by atoms with van der Waals surface area (Å²) in [4.78, 5) is 22.2. The number of piperazine rings is 1. The summed E-state index contributed by atoms with van der Waals surface area (Å²) in [5.41, 5.74) is 1.60. The van der Waals surface area contributed by atoms with Gasteiger partial charge in [-0.15, -0.1) is 10.2 Å². The molecule has 1 atom stereocenters. The molecule has 0 bridgehead atoms. The lowest BCUT2D eigenvalue weighted by Gasteiger charge is -2.41. The van der Waals surface area contributed by atoms with Crippen molar-refractivity contribution in [1.29, 1.82) is 0 Å². The first-order valence-electron chi connectivity index (χ1n) is 10.4. The van der Waals surface area contributed by atoms with Gasteiger partial charge in [-0.1, -0.05) is 24.4 Å². The van der Waals surface area contributed by atoms with Gasteiger partial charge in [0, 0.05) is 42.0 Å². The van der Waals surface area contributed by atoms with E-state index in [4.69, 9.17) is 16.6 Å². The summed E-state index contributed by atoms with van der Waals surface area (Å²) in [6, 6.07) is 5.80. The molecule has 1 saturated heterocycles. The molecule has 1 aliphatic carbocycles. The Labute approximate surface area is 174 Å².